The number of benzene rings is 1. The van der Waals surface area contributed by atoms with E-state index < -0.39 is 0 Å². The van der Waals surface area contributed by atoms with Crippen molar-refractivity contribution in [1.82, 2.24) is 4.90 Å². The van der Waals surface area contributed by atoms with E-state index in [4.69, 9.17) is 5.73 Å². The fourth-order valence-electron chi connectivity index (χ4n) is 2.92. The van der Waals surface area contributed by atoms with Crippen LogP contribution < -0.4 is 5.73 Å². The van der Waals surface area contributed by atoms with Crippen molar-refractivity contribution in [1.29, 1.82) is 0 Å². The normalized spacial score (nSPS) is 10.8. The Balaban J connectivity index is 2.47. The van der Waals surface area contributed by atoms with Gasteiger partial charge in [-0.3, -0.25) is 4.79 Å². The van der Waals surface area contributed by atoms with Crippen molar-refractivity contribution in [3.63, 3.8) is 0 Å². The molecule has 0 fully saturated rings. The zero-order valence-electron chi connectivity index (χ0n) is 14.5. The molecular weight excluding hydrogens is 304 g/mol. The Morgan fingerprint density at radius 1 is 1.13 bits per heavy atom. The van der Waals surface area contributed by atoms with Crippen LogP contribution in [-0.4, -0.2) is 23.9 Å². The van der Waals surface area contributed by atoms with Gasteiger partial charge in [-0.2, -0.15) is 0 Å². The summed E-state index contributed by atoms with van der Waals surface area (Å²) in [6.07, 6.45) is 1.91. The fraction of sp³-hybridized carbons (Fsp3) is 0.421. The summed E-state index contributed by atoms with van der Waals surface area (Å²) in [6.45, 7) is 9.90. The number of nitrogens with two attached hydrogens (primary N) is 1. The van der Waals surface area contributed by atoms with Crippen LogP contribution in [0.4, 0.5) is 5.00 Å². The molecule has 23 heavy (non-hydrogen) atoms. The lowest BCUT2D eigenvalue weighted by atomic mass is 9.97. The third-order valence-electron chi connectivity index (χ3n) is 3.98. The summed E-state index contributed by atoms with van der Waals surface area (Å²) in [7, 11) is 0. The number of nitrogens with zero attached hydrogens (tertiary/aromatic N) is 1. The summed E-state index contributed by atoms with van der Waals surface area (Å²) in [5, 5.41) is 2.62. The zero-order chi connectivity index (χ0) is 17.0. The third-order valence-corrected chi connectivity index (χ3v) is 4.79. The van der Waals surface area contributed by atoms with E-state index in [1.807, 2.05) is 10.3 Å². The zero-order valence-corrected chi connectivity index (χ0v) is 15.3. The molecule has 4 heteroatoms. The van der Waals surface area contributed by atoms with E-state index in [9.17, 15) is 4.79 Å². The first-order valence-corrected chi connectivity index (χ1v) is 9.11. The standard InChI is InChI=1S/C19H26N2OS/c1-5-9-21(10-6-2)19(22)17-16(12-23-18(17)20)15-8-7-13(3)11-14(15)4/h7-8,11-12H,5-6,9-10,20H2,1-4H3. The second kappa shape index (κ2) is 7.64. The molecule has 124 valence electrons. The van der Waals surface area contributed by atoms with Gasteiger partial charge >= 0.3 is 0 Å². The number of anilines is 1. The maximum atomic E-state index is 13.0. The Labute approximate surface area is 143 Å². The van der Waals surface area contributed by atoms with Gasteiger partial charge in [-0.1, -0.05) is 37.6 Å². The van der Waals surface area contributed by atoms with Gasteiger partial charge in [0, 0.05) is 24.0 Å². The van der Waals surface area contributed by atoms with Gasteiger partial charge in [-0.15, -0.1) is 11.3 Å². The number of aryl methyl sites for hydroxylation is 2. The van der Waals surface area contributed by atoms with Crippen molar-refractivity contribution in [2.45, 2.75) is 40.5 Å². The van der Waals surface area contributed by atoms with Crippen LogP contribution in [0, 0.1) is 13.8 Å². The van der Waals surface area contributed by atoms with Crippen LogP contribution in [0.25, 0.3) is 11.1 Å². The van der Waals surface area contributed by atoms with Gasteiger partial charge < -0.3 is 10.6 Å². The van der Waals surface area contributed by atoms with Crippen LogP contribution in [0.5, 0.6) is 0 Å². The fourth-order valence-corrected chi connectivity index (χ4v) is 3.73. The molecule has 0 aliphatic heterocycles. The highest BCUT2D eigenvalue weighted by Gasteiger charge is 2.23. The van der Waals surface area contributed by atoms with Crippen molar-refractivity contribution >= 4 is 22.2 Å². The van der Waals surface area contributed by atoms with Crippen molar-refractivity contribution in [2.24, 2.45) is 0 Å². The molecule has 0 saturated carbocycles. The smallest absolute Gasteiger partial charge is 0.257 e. The molecule has 0 bridgehead atoms. The summed E-state index contributed by atoms with van der Waals surface area (Å²) < 4.78 is 0. The molecule has 1 heterocycles. The van der Waals surface area contributed by atoms with Gasteiger partial charge in [0.1, 0.15) is 0 Å². The van der Waals surface area contributed by atoms with E-state index in [0.29, 0.717) is 10.6 Å². The summed E-state index contributed by atoms with van der Waals surface area (Å²) in [4.78, 5) is 15.0. The molecule has 2 rings (SSSR count). The molecular formula is C19H26N2OS. The molecule has 1 aromatic heterocycles. The molecule has 0 aliphatic rings. The van der Waals surface area contributed by atoms with Gasteiger partial charge in [0.2, 0.25) is 0 Å². The maximum absolute atomic E-state index is 13.0. The third kappa shape index (κ3) is 3.75. The Morgan fingerprint density at radius 2 is 1.78 bits per heavy atom. The maximum Gasteiger partial charge on any atom is 0.257 e. The number of amides is 1. The number of carbonyl (C=O) groups excluding carboxylic acids is 1. The van der Waals surface area contributed by atoms with E-state index in [-0.39, 0.29) is 5.91 Å². The Hall–Kier alpha value is -1.81. The lowest BCUT2D eigenvalue weighted by Crippen LogP contribution is -2.33. The quantitative estimate of drug-likeness (QED) is 0.821. The molecule has 3 nitrogen and oxygen atoms in total. The molecule has 2 aromatic rings. The van der Waals surface area contributed by atoms with Gasteiger partial charge in [0.15, 0.2) is 0 Å². The number of thiophene rings is 1. The second-order valence-corrected chi connectivity index (χ2v) is 6.91. The molecule has 0 aliphatic carbocycles. The van der Waals surface area contributed by atoms with Gasteiger partial charge in [0.05, 0.1) is 10.6 Å². The molecule has 0 radical (unpaired) electrons. The van der Waals surface area contributed by atoms with Gasteiger partial charge in [0.25, 0.3) is 5.91 Å². The Kier molecular flexibility index (Phi) is 5.83. The first kappa shape index (κ1) is 17.5. The Morgan fingerprint density at radius 3 is 2.35 bits per heavy atom. The molecule has 0 spiro atoms. The first-order valence-electron chi connectivity index (χ1n) is 8.23. The van der Waals surface area contributed by atoms with Gasteiger partial charge in [-0.05, 0) is 37.8 Å². The summed E-state index contributed by atoms with van der Waals surface area (Å²) in [5.41, 5.74) is 11.3. The molecule has 0 atom stereocenters. The monoisotopic (exact) mass is 330 g/mol. The van der Waals surface area contributed by atoms with Crippen LogP contribution in [0.2, 0.25) is 0 Å². The summed E-state index contributed by atoms with van der Waals surface area (Å²) in [6, 6.07) is 6.32. The number of hydrogen-bond acceptors (Lipinski definition) is 3. The minimum atomic E-state index is 0.0578. The van der Waals surface area contributed by atoms with Crippen LogP contribution in [0.15, 0.2) is 23.6 Å². The van der Waals surface area contributed by atoms with E-state index >= 15 is 0 Å². The van der Waals surface area contributed by atoms with Crippen LogP contribution in [0.3, 0.4) is 0 Å². The largest absolute Gasteiger partial charge is 0.390 e. The summed E-state index contributed by atoms with van der Waals surface area (Å²) in [5.74, 6) is 0.0578. The number of nitrogen functional groups attached to an aromatic ring is 1. The lowest BCUT2D eigenvalue weighted by Gasteiger charge is -2.22. The number of rotatable bonds is 6. The number of carbonyl (C=O) groups is 1. The van der Waals surface area contributed by atoms with Crippen LogP contribution >= 0.6 is 11.3 Å². The molecule has 2 N–H and O–H groups in total. The molecule has 1 amide bonds. The predicted octanol–water partition coefficient (Wildman–Crippen LogP) is 4.88. The SMILES string of the molecule is CCCN(CCC)C(=O)c1c(-c2ccc(C)cc2C)csc1N. The molecule has 1 aromatic carbocycles. The van der Waals surface area contributed by atoms with Crippen LogP contribution in [0.1, 0.15) is 48.2 Å². The topological polar surface area (TPSA) is 46.3 Å². The highest BCUT2D eigenvalue weighted by molar-refractivity contribution is 7.15. The Bertz CT molecular complexity index is 685. The molecule has 0 saturated heterocycles. The highest BCUT2D eigenvalue weighted by atomic mass is 32.1. The van der Waals surface area contributed by atoms with Crippen molar-refractivity contribution < 1.29 is 4.79 Å². The predicted molar refractivity (Wildman–Crippen MR) is 100 cm³/mol. The minimum Gasteiger partial charge on any atom is -0.390 e. The van der Waals surface area contributed by atoms with Crippen molar-refractivity contribution in [3.8, 4) is 11.1 Å². The number of hydrogen-bond donors (Lipinski definition) is 1. The summed E-state index contributed by atoms with van der Waals surface area (Å²) >= 11 is 1.45. The van der Waals surface area contributed by atoms with E-state index in [1.54, 1.807) is 0 Å². The van der Waals surface area contributed by atoms with E-state index in [2.05, 4.69) is 45.9 Å². The van der Waals surface area contributed by atoms with Crippen molar-refractivity contribution in [3.05, 3.63) is 40.3 Å². The first-order chi connectivity index (χ1) is 11.0. The average molecular weight is 330 g/mol. The van der Waals surface area contributed by atoms with Crippen molar-refractivity contribution in [2.75, 3.05) is 18.8 Å². The highest BCUT2D eigenvalue weighted by Crippen LogP contribution is 2.36. The molecule has 0 unspecified atom stereocenters. The minimum absolute atomic E-state index is 0.0578. The van der Waals surface area contributed by atoms with E-state index in [0.717, 1.165) is 37.1 Å². The second-order valence-electron chi connectivity index (χ2n) is 6.00. The van der Waals surface area contributed by atoms with E-state index in [1.165, 1.54) is 22.5 Å². The van der Waals surface area contributed by atoms with Crippen LogP contribution in [-0.2, 0) is 0 Å². The lowest BCUT2D eigenvalue weighted by molar-refractivity contribution is 0.0758. The average Bonchev–Trinajstić information content (AvgIpc) is 2.88. The van der Waals surface area contributed by atoms with Gasteiger partial charge in [-0.25, -0.2) is 0 Å².